The first-order valence-electron chi connectivity index (χ1n) is 5.49. The zero-order valence-corrected chi connectivity index (χ0v) is 8.82. The summed E-state index contributed by atoms with van der Waals surface area (Å²) < 4.78 is 5.13. The second-order valence-electron chi connectivity index (χ2n) is 4.16. The highest BCUT2D eigenvalue weighted by molar-refractivity contribution is 5.82. The van der Waals surface area contributed by atoms with E-state index in [0.717, 1.165) is 24.5 Å². The topological polar surface area (TPSA) is 26.3 Å². The quantitative estimate of drug-likeness (QED) is 0.401. The van der Waals surface area contributed by atoms with Gasteiger partial charge in [-0.3, -0.25) is 0 Å². The molecule has 0 amide bonds. The molecule has 2 nitrogen and oxygen atoms in total. The van der Waals surface area contributed by atoms with E-state index in [2.05, 4.69) is 24.8 Å². The average molecular weight is 204 g/mol. The van der Waals surface area contributed by atoms with Crippen LogP contribution in [0.5, 0.6) is 0 Å². The van der Waals surface area contributed by atoms with E-state index in [1.807, 2.05) is 0 Å². The zero-order chi connectivity index (χ0) is 10.7. The molecule has 0 aromatic carbocycles. The van der Waals surface area contributed by atoms with Crippen molar-refractivity contribution in [1.82, 2.24) is 0 Å². The van der Waals surface area contributed by atoms with Gasteiger partial charge in [0, 0.05) is 12.5 Å². The molecule has 0 spiro atoms. The van der Waals surface area contributed by atoms with Crippen LogP contribution < -0.4 is 0 Å². The van der Waals surface area contributed by atoms with Crippen LogP contribution in [0.25, 0.3) is 0 Å². The molecule has 0 fully saturated rings. The fourth-order valence-corrected chi connectivity index (χ4v) is 2.33. The third kappa shape index (κ3) is 2.38. The summed E-state index contributed by atoms with van der Waals surface area (Å²) in [6.07, 6.45) is 12.2. The summed E-state index contributed by atoms with van der Waals surface area (Å²) in [5, 5.41) is 0. The van der Waals surface area contributed by atoms with Crippen molar-refractivity contribution in [3.63, 3.8) is 0 Å². The second-order valence-corrected chi connectivity index (χ2v) is 4.16. The molecule has 80 valence electrons. The maximum absolute atomic E-state index is 11.0. The van der Waals surface area contributed by atoms with Crippen molar-refractivity contribution in [1.29, 1.82) is 0 Å². The van der Waals surface area contributed by atoms with Gasteiger partial charge in [-0.05, 0) is 37.2 Å². The lowest BCUT2D eigenvalue weighted by molar-refractivity contribution is -0.133. The Morgan fingerprint density at radius 2 is 2.20 bits per heavy atom. The summed E-state index contributed by atoms with van der Waals surface area (Å²) >= 11 is 0. The molecule has 2 heteroatoms. The molecule has 15 heavy (non-hydrogen) atoms. The largest absolute Gasteiger partial charge is 0.428 e. The lowest BCUT2D eigenvalue weighted by atomic mass is 9.90. The van der Waals surface area contributed by atoms with Crippen LogP contribution in [0.3, 0.4) is 0 Å². The van der Waals surface area contributed by atoms with Crippen LogP contribution in [-0.4, -0.2) is 5.97 Å². The van der Waals surface area contributed by atoms with Gasteiger partial charge in [0.15, 0.2) is 0 Å². The van der Waals surface area contributed by atoms with Crippen molar-refractivity contribution in [2.24, 2.45) is 11.8 Å². The van der Waals surface area contributed by atoms with Crippen molar-refractivity contribution >= 4 is 5.97 Å². The van der Waals surface area contributed by atoms with E-state index in [0.29, 0.717) is 5.92 Å². The smallest absolute Gasteiger partial charge is 0.335 e. The number of carbonyl (C=O) groups excluding carboxylic acids is 1. The molecule has 0 heterocycles. The van der Waals surface area contributed by atoms with Gasteiger partial charge in [0.25, 0.3) is 0 Å². The number of esters is 1. The number of allylic oxidation sites excluding steroid dienone is 4. The maximum atomic E-state index is 11.0. The van der Waals surface area contributed by atoms with Crippen molar-refractivity contribution < 1.29 is 9.53 Å². The predicted octanol–water partition coefficient (Wildman–Crippen LogP) is 2.98. The Kier molecular flexibility index (Phi) is 3.05. The van der Waals surface area contributed by atoms with Crippen molar-refractivity contribution in [2.45, 2.75) is 25.7 Å². The number of ether oxygens (including phenoxy) is 1. The Morgan fingerprint density at radius 3 is 2.87 bits per heavy atom. The molecule has 0 aromatic rings. The molecule has 0 saturated heterocycles. The van der Waals surface area contributed by atoms with Gasteiger partial charge in [-0.25, -0.2) is 4.79 Å². The Labute approximate surface area is 90.3 Å². The molecule has 0 N–H and O–H groups in total. The molecule has 0 unspecified atom stereocenters. The lowest BCUT2D eigenvalue weighted by Gasteiger charge is -2.14. The Bertz CT molecular complexity index is 317. The van der Waals surface area contributed by atoms with Crippen molar-refractivity contribution in [3.8, 4) is 0 Å². The van der Waals surface area contributed by atoms with Crippen LogP contribution in [0.15, 0.2) is 36.6 Å². The molecule has 2 rings (SSSR count). The second kappa shape index (κ2) is 4.47. The molecule has 2 aliphatic rings. The molecule has 1 atom stereocenters. The summed E-state index contributed by atoms with van der Waals surface area (Å²) in [6, 6.07) is 0. The van der Waals surface area contributed by atoms with Gasteiger partial charge < -0.3 is 4.74 Å². The molecule has 0 aromatic heterocycles. The predicted molar refractivity (Wildman–Crippen MR) is 59.0 cm³/mol. The SMILES string of the molecule is C=CC(=O)OC1=C[C@@H](C2CC=CC2)CC1. The fraction of sp³-hybridized carbons (Fsp3) is 0.462. The third-order valence-corrected chi connectivity index (χ3v) is 3.17. The lowest BCUT2D eigenvalue weighted by Crippen LogP contribution is -2.05. The van der Waals surface area contributed by atoms with Crippen molar-refractivity contribution in [2.75, 3.05) is 0 Å². The monoisotopic (exact) mass is 204 g/mol. The average Bonchev–Trinajstić information content (AvgIpc) is 2.85. The summed E-state index contributed by atoms with van der Waals surface area (Å²) in [7, 11) is 0. The number of carbonyl (C=O) groups is 1. The van der Waals surface area contributed by atoms with Crippen LogP contribution >= 0.6 is 0 Å². The molecule has 0 saturated carbocycles. The molecule has 0 aliphatic heterocycles. The third-order valence-electron chi connectivity index (χ3n) is 3.17. The van der Waals surface area contributed by atoms with Crippen LogP contribution in [0.1, 0.15) is 25.7 Å². The number of rotatable bonds is 3. The van der Waals surface area contributed by atoms with Gasteiger partial charge in [0.1, 0.15) is 5.76 Å². The number of hydrogen-bond donors (Lipinski definition) is 0. The minimum absolute atomic E-state index is 0.341. The van der Waals surface area contributed by atoms with Crippen LogP contribution in [0, 0.1) is 11.8 Å². The van der Waals surface area contributed by atoms with E-state index in [-0.39, 0.29) is 5.97 Å². The Morgan fingerprint density at radius 1 is 1.47 bits per heavy atom. The van der Waals surface area contributed by atoms with E-state index >= 15 is 0 Å². The highest BCUT2D eigenvalue weighted by Crippen LogP contribution is 2.36. The minimum Gasteiger partial charge on any atom is -0.428 e. The first-order chi connectivity index (χ1) is 7.29. The Hall–Kier alpha value is -1.31. The summed E-state index contributed by atoms with van der Waals surface area (Å²) in [4.78, 5) is 11.0. The Balaban J connectivity index is 1.90. The zero-order valence-electron chi connectivity index (χ0n) is 8.82. The van der Waals surface area contributed by atoms with Gasteiger partial charge in [-0.1, -0.05) is 18.7 Å². The standard InChI is InChI=1S/C13H16O2/c1-2-13(14)15-12-8-7-11(9-12)10-5-3-4-6-10/h2-4,9-11H,1,5-8H2/t11-/m0/s1. The van der Waals surface area contributed by atoms with Crippen LogP contribution in [-0.2, 0) is 9.53 Å². The van der Waals surface area contributed by atoms with E-state index in [1.165, 1.54) is 18.9 Å². The van der Waals surface area contributed by atoms with Gasteiger partial charge in [-0.2, -0.15) is 0 Å². The van der Waals surface area contributed by atoms with Crippen LogP contribution in [0.4, 0.5) is 0 Å². The van der Waals surface area contributed by atoms with Gasteiger partial charge in [0.2, 0.25) is 0 Å². The minimum atomic E-state index is -0.341. The van der Waals surface area contributed by atoms with Gasteiger partial charge in [-0.15, -0.1) is 0 Å². The van der Waals surface area contributed by atoms with E-state index in [1.54, 1.807) is 0 Å². The number of hydrogen-bond acceptors (Lipinski definition) is 2. The summed E-state index contributed by atoms with van der Waals surface area (Å²) in [6.45, 7) is 3.39. The molecular formula is C13H16O2. The van der Waals surface area contributed by atoms with E-state index in [4.69, 9.17) is 4.74 Å². The first-order valence-corrected chi connectivity index (χ1v) is 5.49. The van der Waals surface area contributed by atoms with Gasteiger partial charge in [0.05, 0.1) is 0 Å². The normalized spacial score (nSPS) is 25.3. The molecule has 2 aliphatic carbocycles. The van der Waals surface area contributed by atoms with Gasteiger partial charge >= 0.3 is 5.97 Å². The summed E-state index contributed by atoms with van der Waals surface area (Å²) in [5.41, 5.74) is 0. The fourth-order valence-electron chi connectivity index (χ4n) is 2.33. The summed E-state index contributed by atoms with van der Waals surface area (Å²) in [5.74, 6) is 1.81. The first kappa shape index (κ1) is 10.2. The van der Waals surface area contributed by atoms with Crippen molar-refractivity contribution in [3.05, 3.63) is 36.6 Å². The highest BCUT2D eigenvalue weighted by Gasteiger charge is 2.26. The molecular weight excluding hydrogens is 188 g/mol. The molecule has 0 radical (unpaired) electrons. The maximum Gasteiger partial charge on any atom is 0.335 e. The van der Waals surface area contributed by atoms with E-state index in [9.17, 15) is 4.79 Å². The van der Waals surface area contributed by atoms with E-state index < -0.39 is 0 Å². The molecule has 0 bridgehead atoms. The highest BCUT2D eigenvalue weighted by atomic mass is 16.5. The van der Waals surface area contributed by atoms with Crippen LogP contribution in [0.2, 0.25) is 0 Å².